The van der Waals surface area contributed by atoms with Crippen LogP contribution in [0.25, 0.3) is 0 Å². The summed E-state index contributed by atoms with van der Waals surface area (Å²) in [5.74, 6) is 0.271. The summed E-state index contributed by atoms with van der Waals surface area (Å²) in [7, 11) is 0. The number of benzene rings is 1. The second-order valence-electron chi connectivity index (χ2n) is 4.12. The molecule has 1 aromatic carbocycles. The average Bonchev–Trinajstić information content (AvgIpc) is 2.30. The Hall–Kier alpha value is -1.57. The van der Waals surface area contributed by atoms with Crippen molar-refractivity contribution in [3.8, 4) is 0 Å². The molecule has 1 aromatic rings. The predicted molar refractivity (Wildman–Crippen MR) is 64.9 cm³/mol. The SMILES string of the molecule is O=C1CCC/C=C\CN1Cc1ccccc1. The summed E-state index contributed by atoms with van der Waals surface area (Å²) >= 11 is 0. The molecule has 1 aliphatic rings. The number of nitrogens with zero attached hydrogens (tertiary/aromatic N) is 1. The van der Waals surface area contributed by atoms with Gasteiger partial charge >= 0.3 is 0 Å². The summed E-state index contributed by atoms with van der Waals surface area (Å²) < 4.78 is 0. The molecule has 0 radical (unpaired) electrons. The Morgan fingerprint density at radius 2 is 1.94 bits per heavy atom. The van der Waals surface area contributed by atoms with Crippen LogP contribution in [0.4, 0.5) is 0 Å². The van der Waals surface area contributed by atoms with Crippen molar-refractivity contribution in [3.63, 3.8) is 0 Å². The van der Waals surface area contributed by atoms with E-state index in [-0.39, 0.29) is 5.91 Å². The monoisotopic (exact) mass is 215 g/mol. The van der Waals surface area contributed by atoms with Crippen LogP contribution in [-0.2, 0) is 11.3 Å². The fraction of sp³-hybridized carbons (Fsp3) is 0.357. The summed E-state index contributed by atoms with van der Waals surface area (Å²) in [6.45, 7) is 1.47. The molecule has 0 atom stereocenters. The predicted octanol–water partition coefficient (Wildman–Crippen LogP) is 2.76. The van der Waals surface area contributed by atoms with Crippen molar-refractivity contribution in [1.82, 2.24) is 4.90 Å². The fourth-order valence-electron chi connectivity index (χ4n) is 1.91. The normalized spacial score (nSPS) is 19.0. The third kappa shape index (κ3) is 2.96. The Morgan fingerprint density at radius 3 is 2.75 bits per heavy atom. The number of hydrogen-bond acceptors (Lipinski definition) is 1. The van der Waals surface area contributed by atoms with Crippen LogP contribution in [0.1, 0.15) is 24.8 Å². The van der Waals surface area contributed by atoms with Gasteiger partial charge in [0.15, 0.2) is 0 Å². The lowest BCUT2D eigenvalue weighted by Gasteiger charge is -2.22. The standard InChI is InChI=1S/C14H17NO/c16-14-10-6-1-2-7-11-15(14)12-13-8-4-3-5-9-13/h2-5,7-9H,1,6,10-12H2/b7-2-. The summed E-state index contributed by atoms with van der Waals surface area (Å²) in [4.78, 5) is 13.8. The molecule has 0 N–H and O–H groups in total. The molecule has 1 amide bonds. The Bertz CT molecular complexity index is 370. The van der Waals surface area contributed by atoms with Crippen LogP contribution in [0.5, 0.6) is 0 Å². The number of amides is 1. The average molecular weight is 215 g/mol. The molecule has 0 saturated heterocycles. The Morgan fingerprint density at radius 1 is 1.12 bits per heavy atom. The van der Waals surface area contributed by atoms with E-state index in [1.165, 1.54) is 5.56 Å². The minimum absolute atomic E-state index is 0.271. The van der Waals surface area contributed by atoms with E-state index in [0.29, 0.717) is 6.42 Å². The minimum atomic E-state index is 0.271. The molecule has 0 saturated carbocycles. The molecular weight excluding hydrogens is 198 g/mol. The van der Waals surface area contributed by atoms with Crippen LogP contribution in [0.15, 0.2) is 42.5 Å². The first kappa shape index (κ1) is 10.9. The Balaban J connectivity index is 2.04. The van der Waals surface area contributed by atoms with Crippen LogP contribution >= 0.6 is 0 Å². The molecule has 1 aliphatic heterocycles. The van der Waals surface area contributed by atoms with E-state index in [0.717, 1.165) is 25.9 Å². The largest absolute Gasteiger partial charge is 0.335 e. The molecule has 1 heterocycles. The third-order valence-corrected chi connectivity index (χ3v) is 2.82. The smallest absolute Gasteiger partial charge is 0.223 e. The molecule has 0 bridgehead atoms. The van der Waals surface area contributed by atoms with E-state index in [1.54, 1.807) is 0 Å². The zero-order valence-electron chi connectivity index (χ0n) is 9.43. The zero-order chi connectivity index (χ0) is 11.2. The van der Waals surface area contributed by atoms with E-state index in [2.05, 4.69) is 24.3 Å². The summed E-state index contributed by atoms with van der Waals surface area (Å²) in [6, 6.07) is 10.2. The van der Waals surface area contributed by atoms with Gasteiger partial charge in [0.2, 0.25) is 5.91 Å². The lowest BCUT2D eigenvalue weighted by molar-refractivity contribution is -0.131. The summed E-state index contributed by atoms with van der Waals surface area (Å²) in [5, 5.41) is 0. The summed E-state index contributed by atoms with van der Waals surface area (Å²) in [6.07, 6.45) is 6.95. The van der Waals surface area contributed by atoms with Gasteiger partial charge in [0, 0.05) is 19.5 Å². The molecule has 84 valence electrons. The van der Waals surface area contributed by atoms with Crippen LogP contribution in [0.3, 0.4) is 0 Å². The molecule has 2 rings (SSSR count). The van der Waals surface area contributed by atoms with Crippen LogP contribution < -0.4 is 0 Å². The van der Waals surface area contributed by atoms with E-state index < -0.39 is 0 Å². The Labute approximate surface area is 96.6 Å². The molecular formula is C14H17NO. The van der Waals surface area contributed by atoms with Crippen molar-refractivity contribution in [2.24, 2.45) is 0 Å². The van der Waals surface area contributed by atoms with Gasteiger partial charge in [-0.3, -0.25) is 4.79 Å². The van der Waals surface area contributed by atoms with Crippen LogP contribution in [0.2, 0.25) is 0 Å². The molecule has 0 spiro atoms. The minimum Gasteiger partial charge on any atom is -0.335 e. The Kier molecular flexibility index (Phi) is 3.76. The first-order valence-electron chi connectivity index (χ1n) is 5.83. The van der Waals surface area contributed by atoms with Crippen molar-refractivity contribution in [2.75, 3.05) is 6.54 Å². The number of carbonyl (C=O) groups excluding carboxylic acids is 1. The first-order valence-corrected chi connectivity index (χ1v) is 5.83. The lowest BCUT2D eigenvalue weighted by atomic mass is 10.1. The van der Waals surface area contributed by atoms with Crippen molar-refractivity contribution in [3.05, 3.63) is 48.0 Å². The van der Waals surface area contributed by atoms with Gasteiger partial charge in [-0.1, -0.05) is 42.5 Å². The third-order valence-electron chi connectivity index (χ3n) is 2.82. The molecule has 0 aliphatic carbocycles. The molecule has 0 aromatic heterocycles. The fourth-order valence-corrected chi connectivity index (χ4v) is 1.91. The lowest BCUT2D eigenvalue weighted by Crippen LogP contribution is -2.31. The molecule has 2 nitrogen and oxygen atoms in total. The van der Waals surface area contributed by atoms with Crippen LogP contribution in [0, 0.1) is 0 Å². The van der Waals surface area contributed by atoms with Gasteiger partial charge in [0.1, 0.15) is 0 Å². The highest BCUT2D eigenvalue weighted by Crippen LogP contribution is 2.10. The zero-order valence-corrected chi connectivity index (χ0v) is 9.43. The molecule has 16 heavy (non-hydrogen) atoms. The number of hydrogen-bond donors (Lipinski definition) is 0. The quantitative estimate of drug-likeness (QED) is 0.695. The van der Waals surface area contributed by atoms with Crippen molar-refractivity contribution in [2.45, 2.75) is 25.8 Å². The van der Waals surface area contributed by atoms with Gasteiger partial charge in [0.05, 0.1) is 0 Å². The highest BCUT2D eigenvalue weighted by Gasteiger charge is 2.13. The summed E-state index contributed by atoms with van der Waals surface area (Å²) in [5.41, 5.74) is 1.20. The van der Waals surface area contributed by atoms with Gasteiger partial charge in [-0.2, -0.15) is 0 Å². The number of rotatable bonds is 2. The second-order valence-corrected chi connectivity index (χ2v) is 4.12. The van der Waals surface area contributed by atoms with Gasteiger partial charge in [-0.15, -0.1) is 0 Å². The first-order chi connectivity index (χ1) is 7.86. The van der Waals surface area contributed by atoms with E-state index in [1.807, 2.05) is 23.1 Å². The van der Waals surface area contributed by atoms with E-state index in [9.17, 15) is 4.79 Å². The molecule has 2 heteroatoms. The van der Waals surface area contributed by atoms with Gasteiger partial charge in [-0.25, -0.2) is 0 Å². The number of carbonyl (C=O) groups is 1. The van der Waals surface area contributed by atoms with Gasteiger partial charge < -0.3 is 4.90 Å². The van der Waals surface area contributed by atoms with Crippen molar-refractivity contribution < 1.29 is 4.79 Å². The maximum atomic E-state index is 11.9. The van der Waals surface area contributed by atoms with E-state index in [4.69, 9.17) is 0 Å². The highest BCUT2D eigenvalue weighted by molar-refractivity contribution is 5.76. The maximum Gasteiger partial charge on any atom is 0.223 e. The van der Waals surface area contributed by atoms with Crippen LogP contribution in [-0.4, -0.2) is 17.4 Å². The number of allylic oxidation sites excluding steroid dienone is 1. The second kappa shape index (κ2) is 5.50. The maximum absolute atomic E-state index is 11.9. The molecule has 0 unspecified atom stereocenters. The highest BCUT2D eigenvalue weighted by atomic mass is 16.2. The molecule has 0 fully saturated rings. The van der Waals surface area contributed by atoms with E-state index >= 15 is 0 Å². The topological polar surface area (TPSA) is 20.3 Å². The van der Waals surface area contributed by atoms with Crippen molar-refractivity contribution in [1.29, 1.82) is 0 Å². The van der Waals surface area contributed by atoms with Crippen molar-refractivity contribution >= 4 is 5.91 Å². The van der Waals surface area contributed by atoms with Gasteiger partial charge in [-0.05, 0) is 18.4 Å². The van der Waals surface area contributed by atoms with Gasteiger partial charge in [0.25, 0.3) is 0 Å².